The first-order valence-corrected chi connectivity index (χ1v) is 9.89. The fourth-order valence-electron chi connectivity index (χ4n) is 2.45. The zero-order chi connectivity index (χ0) is 21.2. The maximum Gasteiger partial charge on any atom is 0.573 e. The van der Waals surface area contributed by atoms with Crippen molar-refractivity contribution in [2.75, 3.05) is 16.8 Å². The van der Waals surface area contributed by atoms with Gasteiger partial charge >= 0.3 is 12.4 Å². The van der Waals surface area contributed by atoms with Crippen molar-refractivity contribution in [1.82, 2.24) is 0 Å². The minimum absolute atomic E-state index is 0.165. The maximum atomic E-state index is 13.0. The molecule has 0 fully saturated rings. The van der Waals surface area contributed by atoms with Crippen molar-refractivity contribution in [2.45, 2.75) is 18.5 Å². The monoisotopic (exact) mass is 463 g/mol. The van der Waals surface area contributed by atoms with Crippen LogP contribution in [0.2, 0.25) is 10.0 Å². The number of amidine groups is 1. The van der Waals surface area contributed by atoms with E-state index in [1.807, 2.05) is 6.92 Å². The Bertz CT molecular complexity index is 939. The van der Waals surface area contributed by atoms with Crippen molar-refractivity contribution in [3.05, 3.63) is 52.5 Å². The van der Waals surface area contributed by atoms with Gasteiger partial charge in [-0.15, -0.1) is 13.2 Å². The summed E-state index contributed by atoms with van der Waals surface area (Å²) in [6, 6.07) is 9.02. The molecule has 29 heavy (non-hydrogen) atoms. The number of nitrogens with zero attached hydrogens (tertiary/aromatic N) is 2. The molecular formula is C18H14Cl2F3N3O2S. The van der Waals surface area contributed by atoms with Gasteiger partial charge in [-0.25, -0.2) is 9.69 Å². The van der Waals surface area contributed by atoms with Gasteiger partial charge in [0, 0.05) is 10.9 Å². The fraction of sp³-hybridized carbons (Fsp3) is 0.222. The van der Waals surface area contributed by atoms with Gasteiger partial charge in [-0.3, -0.25) is 4.99 Å². The maximum absolute atomic E-state index is 13.0. The van der Waals surface area contributed by atoms with Crippen molar-refractivity contribution in [2.24, 2.45) is 4.99 Å². The van der Waals surface area contributed by atoms with E-state index in [1.165, 1.54) is 40.9 Å². The molecule has 1 N–H and O–H groups in total. The summed E-state index contributed by atoms with van der Waals surface area (Å²) < 4.78 is 41.0. The third-order valence-corrected chi connectivity index (χ3v) is 5.50. The van der Waals surface area contributed by atoms with Crippen LogP contribution in [0.5, 0.6) is 5.75 Å². The van der Waals surface area contributed by atoms with Gasteiger partial charge in [0.1, 0.15) is 5.75 Å². The van der Waals surface area contributed by atoms with E-state index in [9.17, 15) is 18.0 Å². The lowest BCUT2D eigenvalue weighted by atomic mass is 10.3. The van der Waals surface area contributed by atoms with Gasteiger partial charge in [-0.1, -0.05) is 41.9 Å². The molecule has 2 amide bonds. The Hall–Kier alpha value is -2.10. The lowest BCUT2D eigenvalue weighted by Gasteiger charge is -2.23. The summed E-state index contributed by atoms with van der Waals surface area (Å²) >= 11 is 13.3. The Morgan fingerprint density at radius 1 is 1.21 bits per heavy atom. The van der Waals surface area contributed by atoms with E-state index in [1.54, 1.807) is 6.07 Å². The van der Waals surface area contributed by atoms with E-state index in [0.717, 1.165) is 12.1 Å². The Morgan fingerprint density at radius 3 is 2.45 bits per heavy atom. The molecule has 1 aliphatic heterocycles. The fourth-order valence-corrected chi connectivity index (χ4v) is 3.70. The Morgan fingerprint density at radius 2 is 1.90 bits per heavy atom. The molecule has 0 unspecified atom stereocenters. The first kappa shape index (κ1) is 21.6. The Labute approximate surface area is 178 Å². The smallest absolute Gasteiger partial charge is 0.406 e. The van der Waals surface area contributed by atoms with Crippen LogP contribution in [0.1, 0.15) is 6.92 Å². The molecule has 1 aliphatic rings. The number of hydrogen-bond donors (Lipinski definition) is 1. The molecule has 0 saturated carbocycles. The number of hydrogen-bond acceptors (Lipinski definition) is 4. The summed E-state index contributed by atoms with van der Waals surface area (Å²) in [5.41, 5.74) is 0.737. The second-order valence-corrected chi connectivity index (χ2v) is 8.21. The number of thioether (sulfide) groups is 1. The summed E-state index contributed by atoms with van der Waals surface area (Å²) in [7, 11) is 0. The van der Waals surface area contributed by atoms with Crippen molar-refractivity contribution >= 4 is 57.5 Å². The molecule has 1 atom stereocenters. The quantitative estimate of drug-likeness (QED) is 0.570. The number of carbonyl (C=O) groups is 1. The number of aliphatic imine (C=N–C) groups is 1. The molecule has 11 heteroatoms. The molecular weight excluding hydrogens is 450 g/mol. The van der Waals surface area contributed by atoms with Crippen LogP contribution in [0.25, 0.3) is 0 Å². The highest BCUT2D eigenvalue weighted by atomic mass is 35.5. The van der Waals surface area contributed by atoms with Crippen LogP contribution < -0.4 is 15.0 Å². The van der Waals surface area contributed by atoms with E-state index in [0.29, 0.717) is 28.1 Å². The van der Waals surface area contributed by atoms with Crippen LogP contribution in [0.3, 0.4) is 0 Å². The van der Waals surface area contributed by atoms with Crippen LogP contribution in [-0.2, 0) is 0 Å². The molecule has 0 aromatic heterocycles. The highest BCUT2D eigenvalue weighted by molar-refractivity contribution is 8.15. The highest BCUT2D eigenvalue weighted by Gasteiger charge is 2.32. The summed E-state index contributed by atoms with van der Waals surface area (Å²) in [6.45, 7) is 2.47. The van der Waals surface area contributed by atoms with Gasteiger partial charge in [-0.05, 0) is 42.5 Å². The third kappa shape index (κ3) is 5.71. The number of rotatable bonds is 3. The standard InChI is InChI=1S/C18H14Cl2F3N3O2S/c1-10-9-24-17(29-10)26(12-3-5-13(6-4-12)28-18(21,22)23)16(27)25-11-2-7-14(19)15(20)8-11/h2-8,10H,9H2,1H3,(H,25,27)/t10-/m1/s1. The summed E-state index contributed by atoms with van der Waals surface area (Å²) in [5.74, 6) is -0.388. The lowest BCUT2D eigenvalue weighted by Crippen LogP contribution is -2.38. The second-order valence-electron chi connectivity index (χ2n) is 5.99. The average Bonchev–Trinajstić information content (AvgIpc) is 3.04. The van der Waals surface area contributed by atoms with Gasteiger partial charge in [0.05, 0.1) is 22.3 Å². The van der Waals surface area contributed by atoms with E-state index in [-0.39, 0.29) is 16.0 Å². The summed E-state index contributed by atoms with van der Waals surface area (Å²) in [4.78, 5) is 18.6. The predicted molar refractivity (Wildman–Crippen MR) is 110 cm³/mol. The SMILES string of the molecule is C[C@@H]1CN=C(N(C(=O)Nc2ccc(Cl)c(Cl)c2)c2ccc(OC(F)(F)F)cc2)S1. The molecule has 0 radical (unpaired) electrons. The van der Waals surface area contributed by atoms with Gasteiger partial charge < -0.3 is 10.1 Å². The van der Waals surface area contributed by atoms with E-state index >= 15 is 0 Å². The van der Waals surface area contributed by atoms with Crippen molar-refractivity contribution in [3.8, 4) is 5.75 Å². The van der Waals surface area contributed by atoms with Gasteiger partial charge in [0.15, 0.2) is 5.17 Å². The number of nitrogens with one attached hydrogen (secondary N) is 1. The first-order chi connectivity index (χ1) is 13.6. The largest absolute Gasteiger partial charge is 0.573 e. The van der Waals surface area contributed by atoms with E-state index in [2.05, 4.69) is 15.0 Å². The van der Waals surface area contributed by atoms with Crippen LogP contribution in [-0.4, -0.2) is 29.4 Å². The van der Waals surface area contributed by atoms with Crippen LogP contribution in [0.4, 0.5) is 29.3 Å². The number of urea groups is 1. The number of benzene rings is 2. The number of anilines is 2. The molecule has 0 spiro atoms. The molecule has 1 heterocycles. The Balaban J connectivity index is 1.86. The normalized spacial score (nSPS) is 16.3. The van der Waals surface area contributed by atoms with Crippen molar-refractivity contribution < 1.29 is 22.7 Å². The molecule has 0 saturated heterocycles. The number of carbonyl (C=O) groups excluding carboxylic acids is 1. The number of alkyl halides is 3. The molecule has 5 nitrogen and oxygen atoms in total. The van der Waals surface area contributed by atoms with Crippen LogP contribution in [0.15, 0.2) is 47.5 Å². The number of amides is 2. The highest BCUT2D eigenvalue weighted by Crippen LogP contribution is 2.31. The molecule has 0 bridgehead atoms. The third-order valence-electron chi connectivity index (χ3n) is 3.68. The molecule has 2 aromatic rings. The minimum Gasteiger partial charge on any atom is -0.406 e. The van der Waals surface area contributed by atoms with Gasteiger partial charge in [0.25, 0.3) is 0 Å². The molecule has 0 aliphatic carbocycles. The molecule has 2 aromatic carbocycles. The summed E-state index contributed by atoms with van der Waals surface area (Å²) in [6.07, 6.45) is -4.80. The Kier molecular flexibility index (Phi) is 6.50. The zero-order valence-corrected chi connectivity index (χ0v) is 17.2. The summed E-state index contributed by atoms with van der Waals surface area (Å²) in [5, 5.41) is 3.90. The minimum atomic E-state index is -4.80. The van der Waals surface area contributed by atoms with Crippen LogP contribution >= 0.6 is 35.0 Å². The van der Waals surface area contributed by atoms with Gasteiger partial charge in [0.2, 0.25) is 0 Å². The van der Waals surface area contributed by atoms with Gasteiger partial charge in [-0.2, -0.15) is 0 Å². The topological polar surface area (TPSA) is 53.9 Å². The molecule has 3 rings (SSSR count). The molecule has 154 valence electrons. The van der Waals surface area contributed by atoms with Crippen molar-refractivity contribution in [1.29, 1.82) is 0 Å². The van der Waals surface area contributed by atoms with Crippen molar-refractivity contribution in [3.63, 3.8) is 0 Å². The average molecular weight is 464 g/mol. The predicted octanol–water partition coefficient (Wildman–Crippen LogP) is 6.42. The number of halogens is 5. The van der Waals surface area contributed by atoms with E-state index in [4.69, 9.17) is 23.2 Å². The first-order valence-electron chi connectivity index (χ1n) is 8.25. The second kappa shape index (κ2) is 8.73. The number of ether oxygens (including phenoxy) is 1. The zero-order valence-electron chi connectivity index (χ0n) is 14.8. The van der Waals surface area contributed by atoms with E-state index < -0.39 is 12.4 Å². The van der Waals surface area contributed by atoms with Crippen LogP contribution in [0, 0.1) is 0 Å². The lowest BCUT2D eigenvalue weighted by molar-refractivity contribution is -0.274.